The molecule has 0 bridgehead atoms. The Morgan fingerprint density at radius 2 is 1.70 bits per heavy atom. The molecule has 0 unspecified atom stereocenters. The van der Waals surface area contributed by atoms with Gasteiger partial charge in [-0.2, -0.15) is 8.42 Å². The first-order valence-electron chi connectivity index (χ1n) is 6.37. The highest BCUT2D eigenvalue weighted by molar-refractivity contribution is 7.93. The van der Waals surface area contributed by atoms with E-state index >= 15 is 0 Å². The summed E-state index contributed by atoms with van der Waals surface area (Å²) in [5, 5.41) is 0. The number of hydrogen-bond acceptors (Lipinski definition) is 5. The third-order valence-electron chi connectivity index (χ3n) is 4.41. The lowest BCUT2D eigenvalue weighted by Crippen LogP contribution is -2.14. The second-order valence-corrected chi connectivity index (χ2v) is 9.62. The van der Waals surface area contributed by atoms with Gasteiger partial charge in [0.25, 0.3) is 10.1 Å². The Balaban J connectivity index is 1.71. The minimum atomic E-state index is -3.46. The fraction of sp³-hybridized carbons (Fsp3) is 0.538. The highest BCUT2D eigenvalue weighted by atomic mass is 32.2. The monoisotopic (exact) mass is 316 g/mol. The zero-order valence-corrected chi connectivity index (χ0v) is 12.7. The van der Waals surface area contributed by atoms with Crippen LogP contribution in [0.5, 0.6) is 0 Å². The Labute approximate surface area is 119 Å². The van der Waals surface area contributed by atoms with E-state index in [2.05, 4.69) is 0 Å². The molecule has 110 valence electrons. The van der Waals surface area contributed by atoms with E-state index in [0.717, 1.165) is 6.26 Å². The standard InChI is InChI=1S/C13H16O5S2/c1-19(14,15)18-8-7-12-9-13(12,10-12)20(16,17)11-5-3-2-4-6-11/h2-6H,7-10H2,1H3. The third kappa shape index (κ3) is 1.99. The predicted octanol–water partition coefficient (Wildman–Crippen LogP) is 1.36. The first kappa shape index (κ1) is 14.0. The van der Waals surface area contributed by atoms with Crippen LogP contribution in [-0.2, 0) is 24.1 Å². The van der Waals surface area contributed by atoms with Crippen molar-refractivity contribution in [3.8, 4) is 0 Å². The lowest BCUT2D eigenvalue weighted by molar-refractivity contribution is 0.295. The van der Waals surface area contributed by atoms with Crippen molar-refractivity contribution in [1.82, 2.24) is 0 Å². The second kappa shape index (κ2) is 4.05. The maximum atomic E-state index is 12.6. The molecule has 1 aromatic rings. The Morgan fingerprint density at radius 3 is 2.25 bits per heavy atom. The summed E-state index contributed by atoms with van der Waals surface area (Å²) < 4.78 is 51.0. The molecule has 7 heteroatoms. The van der Waals surface area contributed by atoms with E-state index in [-0.39, 0.29) is 12.0 Å². The molecule has 0 amide bonds. The molecule has 0 saturated heterocycles. The molecule has 0 heterocycles. The highest BCUT2D eigenvalue weighted by Gasteiger charge is 2.88. The van der Waals surface area contributed by atoms with Crippen LogP contribution in [0.4, 0.5) is 0 Å². The van der Waals surface area contributed by atoms with E-state index in [1.54, 1.807) is 30.3 Å². The van der Waals surface area contributed by atoms with Gasteiger partial charge < -0.3 is 0 Å². The third-order valence-corrected chi connectivity index (χ3v) is 7.65. The minimum absolute atomic E-state index is 0.0604. The first-order chi connectivity index (χ1) is 9.23. The highest BCUT2D eigenvalue weighted by Crippen LogP contribution is 2.85. The maximum absolute atomic E-state index is 12.6. The first-order valence-corrected chi connectivity index (χ1v) is 9.67. The van der Waals surface area contributed by atoms with Crippen LogP contribution in [0.15, 0.2) is 35.2 Å². The summed E-state index contributed by atoms with van der Waals surface area (Å²) in [5.74, 6) is 0. The molecule has 1 aromatic carbocycles. The SMILES string of the molecule is CS(=O)(=O)OCCC12CC1(S(=O)(=O)c1ccccc1)C2. The Hall–Kier alpha value is -0.920. The van der Waals surface area contributed by atoms with Gasteiger partial charge in [-0.25, -0.2) is 8.42 Å². The van der Waals surface area contributed by atoms with Crippen molar-refractivity contribution in [2.75, 3.05) is 12.9 Å². The summed E-state index contributed by atoms with van der Waals surface area (Å²) in [7, 11) is -6.78. The van der Waals surface area contributed by atoms with Gasteiger partial charge in [-0.3, -0.25) is 4.18 Å². The fourth-order valence-corrected chi connectivity index (χ4v) is 6.00. The van der Waals surface area contributed by atoms with Crippen LogP contribution in [0.1, 0.15) is 19.3 Å². The van der Waals surface area contributed by atoms with Gasteiger partial charge in [0, 0.05) is 0 Å². The van der Waals surface area contributed by atoms with E-state index in [1.165, 1.54) is 0 Å². The average molecular weight is 316 g/mol. The van der Waals surface area contributed by atoms with Gasteiger partial charge in [0.2, 0.25) is 0 Å². The summed E-state index contributed by atoms with van der Waals surface area (Å²) in [6, 6.07) is 8.42. The van der Waals surface area contributed by atoms with E-state index in [1.807, 2.05) is 0 Å². The fourth-order valence-electron chi connectivity index (χ4n) is 3.05. The Bertz CT molecular complexity index is 728. The van der Waals surface area contributed by atoms with Crippen molar-refractivity contribution >= 4 is 20.0 Å². The van der Waals surface area contributed by atoms with E-state index in [9.17, 15) is 16.8 Å². The summed E-state index contributed by atoms with van der Waals surface area (Å²) in [6.07, 6.45) is 2.71. The summed E-state index contributed by atoms with van der Waals surface area (Å²) in [4.78, 5) is 0.350. The molecular weight excluding hydrogens is 300 g/mol. The van der Waals surface area contributed by atoms with E-state index < -0.39 is 24.7 Å². The summed E-state index contributed by atoms with van der Waals surface area (Å²) in [5.41, 5.74) is -0.258. The Kier molecular flexibility index (Phi) is 2.84. The van der Waals surface area contributed by atoms with Crippen LogP contribution in [0.25, 0.3) is 0 Å². The van der Waals surface area contributed by atoms with Gasteiger partial charge in [0.15, 0.2) is 9.84 Å². The summed E-state index contributed by atoms with van der Waals surface area (Å²) in [6.45, 7) is 0.0604. The van der Waals surface area contributed by atoms with Crippen LogP contribution >= 0.6 is 0 Å². The van der Waals surface area contributed by atoms with Crippen molar-refractivity contribution in [1.29, 1.82) is 0 Å². The maximum Gasteiger partial charge on any atom is 0.264 e. The molecule has 0 aromatic heterocycles. The van der Waals surface area contributed by atoms with Gasteiger partial charge in [0.05, 0.1) is 22.5 Å². The van der Waals surface area contributed by atoms with Gasteiger partial charge in [-0.1, -0.05) is 18.2 Å². The molecule has 0 N–H and O–H groups in total. The van der Waals surface area contributed by atoms with Crippen LogP contribution < -0.4 is 0 Å². The normalized spacial score (nSPS) is 31.6. The van der Waals surface area contributed by atoms with Crippen LogP contribution in [-0.4, -0.2) is 34.4 Å². The molecule has 3 rings (SSSR count). The predicted molar refractivity (Wildman–Crippen MR) is 73.4 cm³/mol. The number of rotatable bonds is 6. The van der Waals surface area contributed by atoms with E-state index in [0.29, 0.717) is 24.2 Å². The quantitative estimate of drug-likeness (QED) is 0.741. The molecule has 2 fully saturated rings. The van der Waals surface area contributed by atoms with Crippen LogP contribution in [0, 0.1) is 5.41 Å². The topological polar surface area (TPSA) is 77.5 Å². The van der Waals surface area contributed by atoms with Crippen molar-refractivity contribution in [3.05, 3.63) is 30.3 Å². The largest absolute Gasteiger partial charge is 0.270 e. The molecule has 0 atom stereocenters. The molecular formula is C13H16O5S2. The van der Waals surface area contributed by atoms with Gasteiger partial charge in [-0.15, -0.1) is 0 Å². The van der Waals surface area contributed by atoms with Crippen molar-refractivity contribution in [3.63, 3.8) is 0 Å². The lowest BCUT2D eigenvalue weighted by Gasteiger charge is -2.05. The van der Waals surface area contributed by atoms with Gasteiger partial charge in [-0.05, 0) is 36.8 Å². The molecule has 0 aliphatic heterocycles. The second-order valence-electron chi connectivity index (χ2n) is 5.72. The molecule has 5 nitrogen and oxygen atoms in total. The molecule has 0 spiro atoms. The smallest absolute Gasteiger partial charge is 0.264 e. The van der Waals surface area contributed by atoms with Crippen molar-refractivity contribution in [2.45, 2.75) is 28.9 Å². The lowest BCUT2D eigenvalue weighted by atomic mass is 10.1. The Morgan fingerprint density at radius 1 is 1.10 bits per heavy atom. The van der Waals surface area contributed by atoms with Gasteiger partial charge in [0.1, 0.15) is 0 Å². The zero-order chi connectivity index (χ0) is 14.6. The summed E-state index contributed by atoms with van der Waals surface area (Å²) >= 11 is 0. The minimum Gasteiger partial charge on any atom is -0.270 e. The van der Waals surface area contributed by atoms with E-state index in [4.69, 9.17) is 4.18 Å². The molecule has 2 aliphatic carbocycles. The molecule has 2 saturated carbocycles. The number of benzene rings is 1. The van der Waals surface area contributed by atoms with Crippen LogP contribution in [0.2, 0.25) is 0 Å². The molecule has 20 heavy (non-hydrogen) atoms. The van der Waals surface area contributed by atoms with Crippen molar-refractivity contribution < 1.29 is 21.0 Å². The zero-order valence-electron chi connectivity index (χ0n) is 11.1. The van der Waals surface area contributed by atoms with Crippen molar-refractivity contribution in [2.24, 2.45) is 5.41 Å². The number of hydrogen-bond donors (Lipinski definition) is 0. The van der Waals surface area contributed by atoms with Gasteiger partial charge >= 0.3 is 0 Å². The van der Waals surface area contributed by atoms with Crippen LogP contribution in [0.3, 0.4) is 0 Å². The number of sulfone groups is 1. The number of fused-ring (bicyclic) bond motifs is 1. The molecule has 2 aliphatic rings. The molecule has 0 radical (unpaired) electrons. The average Bonchev–Trinajstić information content (AvgIpc) is 3.15.